The quantitative estimate of drug-likeness (QED) is 0.273. The van der Waals surface area contributed by atoms with Crippen molar-refractivity contribution in [3.63, 3.8) is 0 Å². The molecule has 0 saturated carbocycles. The summed E-state index contributed by atoms with van der Waals surface area (Å²) in [5.41, 5.74) is 1.90. The van der Waals surface area contributed by atoms with E-state index in [1.807, 2.05) is 73.1 Å². The van der Waals surface area contributed by atoms with Crippen LogP contribution >= 0.6 is 23.5 Å². The molecule has 0 amide bonds. The molecule has 0 spiro atoms. The van der Waals surface area contributed by atoms with Crippen LogP contribution in [0.2, 0.25) is 0 Å². The highest BCUT2D eigenvalue weighted by Gasteiger charge is 2.16. The van der Waals surface area contributed by atoms with Crippen molar-refractivity contribution in [1.82, 2.24) is 9.97 Å². The lowest BCUT2D eigenvalue weighted by Gasteiger charge is -2.15. The second-order valence-electron chi connectivity index (χ2n) is 6.66. The number of aromatic nitrogens is 2. The molecular formula is C25H18N2OS2. The van der Waals surface area contributed by atoms with E-state index in [9.17, 15) is 0 Å². The van der Waals surface area contributed by atoms with Crippen molar-refractivity contribution in [2.45, 2.75) is 14.7 Å². The maximum Gasteiger partial charge on any atom is 0.152 e. The number of hydrogen-bond acceptors (Lipinski definition) is 5. The highest BCUT2D eigenvalue weighted by Crippen LogP contribution is 2.45. The Morgan fingerprint density at radius 2 is 1.27 bits per heavy atom. The van der Waals surface area contributed by atoms with Gasteiger partial charge in [0.1, 0.15) is 5.75 Å². The van der Waals surface area contributed by atoms with Crippen molar-refractivity contribution in [3.8, 4) is 11.5 Å². The number of thioether (sulfide) groups is 1. The monoisotopic (exact) mass is 426 g/mol. The standard InChI is InChI=1S/C25H18N2OS2/c1-29-23-16-27-21-14-8-6-12-19(21)25(23)30-22-15-26-20-13-7-5-11-18(20)24(22)28-17-9-3-2-4-10-17/h2-16H,1H3. The Bertz CT molecular complexity index is 1340. The smallest absolute Gasteiger partial charge is 0.152 e. The Kier molecular flexibility index (Phi) is 5.30. The molecule has 146 valence electrons. The first-order chi connectivity index (χ1) is 14.8. The van der Waals surface area contributed by atoms with Crippen LogP contribution in [0.3, 0.4) is 0 Å². The number of nitrogens with zero attached hydrogens (tertiary/aromatic N) is 2. The number of pyridine rings is 2. The summed E-state index contributed by atoms with van der Waals surface area (Å²) in [7, 11) is 0. The molecule has 0 fully saturated rings. The number of para-hydroxylation sites is 3. The van der Waals surface area contributed by atoms with Gasteiger partial charge in [-0.2, -0.15) is 0 Å². The van der Waals surface area contributed by atoms with Gasteiger partial charge in [0.05, 0.1) is 15.9 Å². The molecule has 3 aromatic carbocycles. The minimum absolute atomic E-state index is 0.806. The molecule has 0 atom stereocenters. The predicted molar refractivity (Wildman–Crippen MR) is 126 cm³/mol. The van der Waals surface area contributed by atoms with Gasteiger partial charge in [-0.25, -0.2) is 0 Å². The third-order valence-electron chi connectivity index (χ3n) is 4.78. The van der Waals surface area contributed by atoms with E-state index in [1.165, 1.54) is 4.90 Å². The molecule has 5 rings (SSSR count). The molecule has 0 unspecified atom stereocenters. The molecule has 30 heavy (non-hydrogen) atoms. The summed E-state index contributed by atoms with van der Waals surface area (Å²) in [5.74, 6) is 1.63. The molecule has 0 N–H and O–H groups in total. The van der Waals surface area contributed by atoms with Crippen molar-refractivity contribution in [3.05, 3.63) is 91.3 Å². The number of ether oxygens (including phenoxy) is 1. The van der Waals surface area contributed by atoms with Crippen LogP contribution in [0.25, 0.3) is 21.8 Å². The zero-order chi connectivity index (χ0) is 20.3. The van der Waals surface area contributed by atoms with Gasteiger partial charge in [-0.15, -0.1) is 11.8 Å². The SMILES string of the molecule is CSc1cnc2ccccc2c1Sc1cnc2ccccc2c1Oc1ccccc1. The number of hydrogen-bond donors (Lipinski definition) is 0. The first-order valence-electron chi connectivity index (χ1n) is 9.54. The maximum atomic E-state index is 6.40. The molecule has 5 aromatic rings. The summed E-state index contributed by atoms with van der Waals surface area (Å²) >= 11 is 3.38. The molecule has 0 aliphatic rings. The highest BCUT2D eigenvalue weighted by atomic mass is 32.2. The van der Waals surface area contributed by atoms with Gasteiger partial charge in [-0.05, 0) is 36.6 Å². The van der Waals surface area contributed by atoms with E-state index in [2.05, 4.69) is 29.4 Å². The summed E-state index contributed by atoms with van der Waals surface area (Å²) in [6.07, 6.45) is 5.93. The van der Waals surface area contributed by atoms with Gasteiger partial charge in [0.15, 0.2) is 5.75 Å². The van der Waals surface area contributed by atoms with Crippen molar-refractivity contribution < 1.29 is 4.74 Å². The van der Waals surface area contributed by atoms with Crippen LogP contribution < -0.4 is 4.74 Å². The van der Waals surface area contributed by atoms with Gasteiger partial charge in [-0.1, -0.05) is 60.3 Å². The third-order valence-corrected chi connectivity index (χ3v) is 6.82. The van der Waals surface area contributed by atoms with Gasteiger partial charge < -0.3 is 4.74 Å². The summed E-state index contributed by atoms with van der Waals surface area (Å²) in [6, 6.07) is 26.2. The molecule has 2 aromatic heterocycles. The number of benzene rings is 3. The lowest BCUT2D eigenvalue weighted by atomic mass is 10.2. The van der Waals surface area contributed by atoms with Crippen molar-refractivity contribution in [2.24, 2.45) is 0 Å². The lowest BCUT2D eigenvalue weighted by Crippen LogP contribution is -1.92. The fourth-order valence-electron chi connectivity index (χ4n) is 3.34. The number of rotatable bonds is 5. The molecular weight excluding hydrogens is 408 g/mol. The van der Waals surface area contributed by atoms with Crippen LogP contribution in [-0.4, -0.2) is 16.2 Å². The van der Waals surface area contributed by atoms with E-state index in [-0.39, 0.29) is 0 Å². The van der Waals surface area contributed by atoms with Crippen LogP contribution in [0.1, 0.15) is 0 Å². The molecule has 0 radical (unpaired) electrons. The Hall–Kier alpha value is -3.02. The van der Waals surface area contributed by atoms with Gasteiger partial charge in [-0.3, -0.25) is 9.97 Å². The average Bonchev–Trinajstić information content (AvgIpc) is 2.81. The largest absolute Gasteiger partial charge is 0.455 e. The third kappa shape index (κ3) is 3.62. The Morgan fingerprint density at radius 1 is 0.667 bits per heavy atom. The maximum absolute atomic E-state index is 6.40. The summed E-state index contributed by atoms with van der Waals surface area (Å²) < 4.78 is 6.40. The minimum Gasteiger partial charge on any atom is -0.455 e. The van der Waals surface area contributed by atoms with E-state index < -0.39 is 0 Å². The lowest BCUT2D eigenvalue weighted by molar-refractivity contribution is 0.476. The van der Waals surface area contributed by atoms with Crippen LogP contribution in [0, 0.1) is 0 Å². The van der Waals surface area contributed by atoms with Crippen LogP contribution in [-0.2, 0) is 0 Å². The minimum atomic E-state index is 0.806. The normalized spacial score (nSPS) is 11.1. The van der Waals surface area contributed by atoms with E-state index in [1.54, 1.807) is 23.5 Å². The van der Waals surface area contributed by atoms with Crippen molar-refractivity contribution in [2.75, 3.05) is 6.26 Å². The zero-order valence-corrected chi connectivity index (χ0v) is 17.9. The Balaban J connectivity index is 1.69. The average molecular weight is 427 g/mol. The van der Waals surface area contributed by atoms with Gasteiger partial charge >= 0.3 is 0 Å². The summed E-state index contributed by atoms with van der Waals surface area (Å²) in [6.45, 7) is 0. The van der Waals surface area contributed by atoms with E-state index in [0.29, 0.717) is 0 Å². The van der Waals surface area contributed by atoms with E-state index in [0.717, 1.165) is 43.1 Å². The van der Waals surface area contributed by atoms with Crippen LogP contribution in [0.4, 0.5) is 0 Å². The topological polar surface area (TPSA) is 35.0 Å². The van der Waals surface area contributed by atoms with Gasteiger partial charge in [0.2, 0.25) is 0 Å². The van der Waals surface area contributed by atoms with Gasteiger partial charge in [0, 0.05) is 33.0 Å². The molecule has 0 aliphatic carbocycles. The molecule has 0 bridgehead atoms. The van der Waals surface area contributed by atoms with Crippen LogP contribution in [0.15, 0.2) is 106 Å². The molecule has 0 saturated heterocycles. The Morgan fingerprint density at radius 3 is 2.00 bits per heavy atom. The van der Waals surface area contributed by atoms with Gasteiger partial charge in [0.25, 0.3) is 0 Å². The predicted octanol–water partition coefficient (Wildman–Crippen LogP) is 7.45. The number of fused-ring (bicyclic) bond motifs is 2. The molecule has 5 heteroatoms. The van der Waals surface area contributed by atoms with E-state index >= 15 is 0 Å². The first-order valence-corrected chi connectivity index (χ1v) is 11.6. The fraction of sp³-hybridized carbons (Fsp3) is 0.0400. The summed E-state index contributed by atoms with van der Waals surface area (Å²) in [5, 5.41) is 2.13. The van der Waals surface area contributed by atoms with Crippen LogP contribution in [0.5, 0.6) is 11.5 Å². The van der Waals surface area contributed by atoms with E-state index in [4.69, 9.17) is 9.72 Å². The second-order valence-corrected chi connectivity index (χ2v) is 8.56. The Labute approximate surface area is 183 Å². The fourth-order valence-corrected chi connectivity index (χ4v) is 5.17. The highest BCUT2D eigenvalue weighted by molar-refractivity contribution is 8.02. The van der Waals surface area contributed by atoms with Crippen molar-refractivity contribution >= 4 is 45.3 Å². The molecule has 2 heterocycles. The summed E-state index contributed by atoms with van der Waals surface area (Å²) in [4.78, 5) is 12.6. The molecule has 0 aliphatic heterocycles. The van der Waals surface area contributed by atoms with Crippen molar-refractivity contribution in [1.29, 1.82) is 0 Å². The second kappa shape index (κ2) is 8.38. The first kappa shape index (κ1) is 19.0. The zero-order valence-electron chi connectivity index (χ0n) is 16.3. The molecule has 3 nitrogen and oxygen atoms in total.